The number of benzene rings is 2. The van der Waals surface area contributed by atoms with Gasteiger partial charge in [0.2, 0.25) is 0 Å². The Morgan fingerprint density at radius 2 is 1.86 bits per heavy atom. The van der Waals surface area contributed by atoms with Gasteiger partial charge in [0.15, 0.2) is 12.2 Å². The normalized spacial score (nSPS) is 10.1. The minimum absolute atomic E-state index is 0.282. The Morgan fingerprint density at radius 1 is 1.07 bits per heavy atom. The maximum absolute atomic E-state index is 12.3. The Bertz CT molecular complexity index is 988. The third kappa shape index (κ3) is 5.25. The van der Waals surface area contributed by atoms with Crippen LogP contribution in [0, 0.1) is 0 Å². The molecular formula is C20H20N4O5. The number of anilines is 2. The lowest BCUT2D eigenvalue weighted by molar-refractivity contribution is 0.170. The van der Waals surface area contributed by atoms with Gasteiger partial charge in [0.05, 0.1) is 26.0 Å². The molecule has 0 bridgehead atoms. The topological polar surface area (TPSA) is 115 Å². The van der Waals surface area contributed by atoms with E-state index >= 15 is 0 Å². The lowest BCUT2D eigenvalue weighted by Gasteiger charge is -2.12. The van der Waals surface area contributed by atoms with Crippen LogP contribution < -0.4 is 20.7 Å². The number of ether oxygens (including phenoxy) is 2. The van der Waals surface area contributed by atoms with Crippen LogP contribution in [0.1, 0.15) is 5.56 Å². The number of hydrogen-bond acceptors (Lipinski definition) is 6. The fraction of sp³-hybridized carbons (Fsp3) is 0.150. The van der Waals surface area contributed by atoms with Gasteiger partial charge in [0, 0.05) is 24.0 Å². The van der Waals surface area contributed by atoms with Gasteiger partial charge in [-0.05, 0) is 29.8 Å². The number of methoxy groups -OCH3 is 2. The molecule has 0 saturated heterocycles. The van der Waals surface area contributed by atoms with E-state index in [0.717, 1.165) is 11.1 Å². The van der Waals surface area contributed by atoms with Crippen molar-refractivity contribution in [2.24, 2.45) is 0 Å². The molecule has 0 saturated carbocycles. The number of nitrogens with one attached hydrogen (secondary N) is 3. The van der Waals surface area contributed by atoms with Crippen LogP contribution in [0.25, 0.3) is 11.3 Å². The molecular weight excluding hydrogens is 376 g/mol. The Labute approximate surface area is 167 Å². The van der Waals surface area contributed by atoms with Crippen molar-refractivity contribution in [1.82, 2.24) is 10.3 Å². The summed E-state index contributed by atoms with van der Waals surface area (Å²) in [5.41, 5.74) is 2.66. The summed E-state index contributed by atoms with van der Waals surface area (Å²) in [7, 11) is 2.83. The molecule has 0 fully saturated rings. The molecule has 2 aromatic carbocycles. The van der Waals surface area contributed by atoms with Crippen molar-refractivity contribution in [3.05, 3.63) is 60.6 Å². The predicted octanol–water partition coefficient (Wildman–Crippen LogP) is 3.85. The Balaban J connectivity index is 1.64. The Morgan fingerprint density at radius 3 is 2.55 bits per heavy atom. The molecule has 3 N–H and O–H groups in total. The number of alkyl carbamates (subject to hydrolysis) is 1. The molecule has 3 aromatic rings. The first kappa shape index (κ1) is 19.7. The number of urea groups is 1. The number of oxazole rings is 1. The number of nitrogens with zero attached hydrogens (tertiary/aromatic N) is 1. The van der Waals surface area contributed by atoms with Crippen LogP contribution >= 0.6 is 0 Å². The molecule has 0 atom stereocenters. The SMILES string of the molecule is COC(=O)NCc1cccc(NC(=O)Nc2ccc(-c3cnco3)c(OC)c2)c1. The summed E-state index contributed by atoms with van der Waals surface area (Å²) in [5, 5.41) is 8.08. The van der Waals surface area contributed by atoms with E-state index in [1.807, 2.05) is 6.07 Å². The molecule has 0 unspecified atom stereocenters. The van der Waals surface area contributed by atoms with Crippen LogP contribution in [-0.4, -0.2) is 31.3 Å². The van der Waals surface area contributed by atoms with Crippen molar-refractivity contribution in [2.75, 3.05) is 24.9 Å². The summed E-state index contributed by atoms with van der Waals surface area (Å²) in [5.74, 6) is 1.10. The van der Waals surface area contributed by atoms with Crippen molar-refractivity contribution >= 4 is 23.5 Å². The maximum Gasteiger partial charge on any atom is 0.407 e. The molecule has 0 aliphatic carbocycles. The summed E-state index contributed by atoms with van der Waals surface area (Å²) < 4.78 is 15.2. The third-order valence-electron chi connectivity index (χ3n) is 3.96. The second-order valence-electron chi connectivity index (χ2n) is 5.91. The molecule has 3 rings (SSSR count). The van der Waals surface area contributed by atoms with Gasteiger partial charge >= 0.3 is 12.1 Å². The van der Waals surface area contributed by atoms with Gasteiger partial charge in [-0.25, -0.2) is 14.6 Å². The zero-order valence-electron chi connectivity index (χ0n) is 15.9. The number of hydrogen-bond donors (Lipinski definition) is 3. The highest BCUT2D eigenvalue weighted by Gasteiger charge is 2.11. The first-order valence-corrected chi connectivity index (χ1v) is 8.64. The molecule has 0 aliphatic rings. The number of carbonyl (C=O) groups excluding carboxylic acids is 2. The van der Waals surface area contributed by atoms with Gasteiger partial charge in [-0.1, -0.05) is 12.1 Å². The van der Waals surface area contributed by atoms with E-state index < -0.39 is 12.1 Å². The predicted molar refractivity (Wildman–Crippen MR) is 107 cm³/mol. The van der Waals surface area contributed by atoms with E-state index in [2.05, 4.69) is 25.7 Å². The van der Waals surface area contributed by atoms with Gasteiger partial charge in [0.25, 0.3) is 0 Å². The average molecular weight is 396 g/mol. The molecule has 150 valence electrons. The van der Waals surface area contributed by atoms with Crippen molar-refractivity contribution in [1.29, 1.82) is 0 Å². The molecule has 3 amide bonds. The van der Waals surface area contributed by atoms with Crippen LogP contribution in [0.15, 0.2) is 59.5 Å². The average Bonchev–Trinajstić information content (AvgIpc) is 3.26. The van der Waals surface area contributed by atoms with E-state index in [-0.39, 0.29) is 6.54 Å². The van der Waals surface area contributed by atoms with Gasteiger partial charge in [-0.2, -0.15) is 0 Å². The first-order chi connectivity index (χ1) is 14.1. The number of aromatic nitrogens is 1. The van der Waals surface area contributed by atoms with E-state index in [0.29, 0.717) is 22.9 Å². The fourth-order valence-corrected chi connectivity index (χ4v) is 2.62. The summed E-state index contributed by atoms with van der Waals surface area (Å²) >= 11 is 0. The smallest absolute Gasteiger partial charge is 0.407 e. The van der Waals surface area contributed by atoms with Crippen molar-refractivity contribution in [3.8, 4) is 17.1 Å². The number of carbonyl (C=O) groups is 2. The Hall–Kier alpha value is -4.01. The van der Waals surface area contributed by atoms with Crippen LogP contribution in [-0.2, 0) is 11.3 Å². The first-order valence-electron chi connectivity index (χ1n) is 8.64. The lowest BCUT2D eigenvalue weighted by Crippen LogP contribution is -2.22. The summed E-state index contributed by atoms with van der Waals surface area (Å²) in [6, 6.07) is 11.9. The van der Waals surface area contributed by atoms with E-state index in [1.165, 1.54) is 20.6 Å². The van der Waals surface area contributed by atoms with Gasteiger partial charge in [0.1, 0.15) is 5.75 Å². The Kier molecular flexibility index (Phi) is 6.31. The quantitative estimate of drug-likeness (QED) is 0.583. The number of amides is 3. The fourth-order valence-electron chi connectivity index (χ4n) is 2.62. The second kappa shape index (κ2) is 9.27. The summed E-state index contributed by atoms with van der Waals surface area (Å²) in [6.45, 7) is 0.282. The van der Waals surface area contributed by atoms with Crippen molar-refractivity contribution in [2.45, 2.75) is 6.54 Å². The highest BCUT2D eigenvalue weighted by Crippen LogP contribution is 2.32. The largest absolute Gasteiger partial charge is 0.496 e. The summed E-state index contributed by atoms with van der Waals surface area (Å²) in [6.07, 6.45) is 2.40. The molecule has 1 aromatic heterocycles. The number of rotatable bonds is 6. The lowest BCUT2D eigenvalue weighted by atomic mass is 10.1. The van der Waals surface area contributed by atoms with Gasteiger partial charge in [-0.3, -0.25) is 0 Å². The van der Waals surface area contributed by atoms with E-state index in [9.17, 15) is 9.59 Å². The minimum Gasteiger partial charge on any atom is -0.496 e. The minimum atomic E-state index is -0.524. The van der Waals surface area contributed by atoms with Crippen LogP contribution in [0.2, 0.25) is 0 Å². The molecule has 0 radical (unpaired) electrons. The van der Waals surface area contributed by atoms with Crippen molar-refractivity contribution < 1.29 is 23.5 Å². The molecule has 1 heterocycles. The standard InChI is InChI=1S/C20H20N4O5/c1-27-17-9-15(6-7-16(17)18-11-21-12-29-18)24-19(25)23-14-5-3-4-13(8-14)10-22-20(26)28-2/h3-9,11-12H,10H2,1-2H3,(H,22,26)(H2,23,24,25). The zero-order valence-corrected chi connectivity index (χ0v) is 15.9. The van der Waals surface area contributed by atoms with Crippen LogP contribution in [0.4, 0.5) is 21.0 Å². The maximum atomic E-state index is 12.3. The van der Waals surface area contributed by atoms with Crippen LogP contribution in [0.5, 0.6) is 5.75 Å². The van der Waals surface area contributed by atoms with Gasteiger partial charge < -0.3 is 29.8 Å². The molecule has 0 aliphatic heterocycles. The molecule has 29 heavy (non-hydrogen) atoms. The van der Waals surface area contributed by atoms with E-state index in [4.69, 9.17) is 9.15 Å². The third-order valence-corrected chi connectivity index (χ3v) is 3.96. The molecule has 9 heteroatoms. The highest BCUT2D eigenvalue weighted by molar-refractivity contribution is 6.00. The van der Waals surface area contributed by atoms with Crippen LogP contribution in [0.3, 0.4) is 0 Å². The highest BCUT2D eigenvalue weighted by atomic mass is 16.5. The monoisotopic (exact) mass is 396 g/mol. The van der Waals surface area contributed by atoms with Gasteiger partial charge in [-0.15, -0.1) is 0 Å². The van der Waals surface area contributed by atoms with Crippen molar-refractivity contribution in [3.63, 3.8) is 0 Å². The second-order valence-corrected chi connectivity index (χ2v) is 5.91. The molecule has 0 spiro atoms. The van der Waals surface area contributed by atoms with E-state index in [1.54, 1.807) is 42.6 Å². The summed E-state index contributed by atoms with van der Waals surface area (Å²) in [4.78, 5) is 27.4. The zero-order chi connectivity index (χ0) is 20.6. The molecule has 9 nitrogen and oxygen atoms in total.